The molecule has 98 valence electrons. The summed E-state index contributed by atoms with van der Waals surface area (Å²) in [6, 6.07) is 8.02. The van der Waals surface area contributed by atoms with E-state index in [9.17, 15) is 4.79 Å². The van der Waals surface area contributed by atoms with Crippen molar-refractivity contribution in [1.82, 2.24) is 10.2 Å². The zero-order valence-corrected chi connectivity index (χ0v) is 10.9. The summed E-state index contributed by atoms with van der Waals surface area (Å²) in [6.45, 7) is 5.62. The van der Waals surface area contributed by atoms with Crippen molar-refractivity contribution in [3.05, 3.63) is 29.8 Å². The van der Waals surface area contributed by atoms with Crippen molar-refractivity contribution in [3.63, 3.8) is 0 Å². The molecule has 18 heavy (non-hydrogen) atoms. The van der Waals surface area contributed by atoms with Crippen molar-refractivity contribution in [2.24, 2.45) is 0 Å². The number of urea groups is 1. The molecule has 0 aromatic heterocycles. The molecular weight excluding hydrogens is 226 g/mol. The number of likely N-dealkylation sites (tertiary alicyclic amines) is 1. The zero-order chi connectivity index (χ0) is 12.8. The third-order valence-electron chi connectivity index (χ3n) is 3.15. The second-order valence-corrected chi connectivity index (χ2v) is 4.61. The van der Waals surface area contributed by atoms with E-state index in [2.05, 4.69) is 23.6 Å². The monoisotopic (exact) mass is 247 g/mol. The van der Waals surface area contributed by atoms with Gasteiger partial charge in [-0.3, -0.25) is 0 Å². The lowest BCUT2D eigenvalue weighted by molar-refractivity contribution is 0.222. The lowest BCUT2D eigenvalue weighted by atomic mass is 10.2. The Hall–Kier alpha value is -1.55. The summed E-state index contributed by atoms with van der Waals surface area (Å²) in [5, 5.41) is 6.24. The number of nitrogens with one attached hydrogen (secondary N) is 2. The molecule has 2 rings (SSSR count). The Kier molecular flexibility index (Phi) is 4.59. The van der Waals surface area contributed by atoms with E-state index in [0.717, 1.165) is 44.7 Å². The van der Waals surface area contributed by atoms with Gasteiger partial charge in [0.2, 0.25) is 0 Å². The molecule has 1 aliphatic rings. The van der Waals surface area contributed by atoms with Gasteiger partial charge in [-0.25, -0.2) is 4.79 Å². The number of anilines is 1. The van der Waals surface area contributed by atoms with E-state index < -0.39 is 0 Å². The molecule has 0 spiro atoms. The average molecular weight is 247 g/mol. The maximum atomic E-state index is 11.9. The number of nitrogens with zero attached hydrogens (tertiary/aromatic N) is 1. The quantitative estimate of drug-likeness (QED) is 0.858. The van der Waals surface area contributed by atoms with Crippen LogP contribution in [0.5, 0.6) is 0 Å². The molecule has 1 heterocycles. The first kappa shape index (κ1) is 12.9. The first-order valence-electron chi connectivity index (χ1n) is 6.65. The summed E-state index contributed by atoms with van der Waals surface area (Å²) in [6.07, 6.45) is 2.24. The van der Waals surface area contributed by atoms with Gasteiger partial charge in [-0.2, -0.15) is 0 Å². The maximum absolute atomic E-state index is 11.9. The van der Waals surface area contributed by atoms with Crippen molar-refractivity contribution in [3.8, 4) is 0 Å². The van der Waals surface area contributed by atoms with Crippen LogP contribution in [-0.4, -0.2) is 30.6 Å². The molecular formula is C14H21N3O. The molecule has 1 aliphatic heterocycles. The largest absolute Gasteiger partial charge is 0.325 e. The van der Waals surface area contributed by atoms with Gasteiger partial charge in [0.05, 0.1) is 0 Å². The highest BCUT2D eigenvalue weighted by Gasteiger charge is 2.17. The topological polar surface area (TPSA) is 44.4 Å². The van der Waals surface area contributed by atoms with Gasteiger partial charge in [-0.05, 0) is 37.1 Å². The van der Waals surface area contributed by atoms with Crippen molar-refractivity contribution < 1.29 is 4.79 Å². The van der Waals surface area contributed by atoms with Crippen LogP contribution >= 0.6 is 0 Å². The summed E-state index contributed by atoms with van der Waals surface area (Å²) in [4.78, 5) is 13.8. The van der Waals surface area contributed by atoms with Crippen LogP contribution < -0.4 is 10.6 Å². The summed E-state index contributed by atoms with van der Waals surface area (Å²) in [5.74, 6) is 0. The summed E-state index contributed by atoms with van der Waals surface area (Å²) < 4.78 is 0. The van der Waals surface area contributed by atoms with E-state index in [1.54, 1.807) is 0 Å². The third-order valence-corrected chi connectivity index (χ3v) is 3.15. The number of hydrogen-bond acceptors (Lipinski definition) is 2. The van der Waals surface area contributed by atoms with Crippen molar-refractivity contribution in [2.45, 2.75) is 26.3 Å². The lowest BCUT2D eigenvalue weighted by Gasteiger charge is -2.16. The van der Waals surface area contributed by atoms with Gasteiger partial charge in [0.1, 0.15) is 0 Å². The molecule has 0 saturated carbocycles. The number of hydrogen-bond donors (Lipinski definition) is 2. The molecule has 4 nitrogen and oxygen atoms in total. The van der Waals surface area contributed by atoms with Crippen molar-refractivity contribution in [1.29, 1.82) is 0 Å². The Labute approximate surface area is 108 Å². The minimum absolute atomic E-state index is 0.0214. The van der Waals surface area contributed by atoms with Gasteiger partial charge in [0, 0.05) is 25.3 Å². The normalized spacial score (nSPS) is 14.8. The second-order valence-electron chi connectivity index (χ2n) is 4.61. The zero-order valence-electron chi connectivity index (χ0n) is 10.9. The van der Waals surface area contributed by atoms with Crippen LogP contribution in [0.4, 0.5) is 10.5 Å². The van der Waals surface area contributed by atoms with E-state index in [1.807, 2.05) is 23.1 Å². The molecule has 0 unspecified atom stereocenters. The molecule has 1 saturated heterocycles. The highest BCUT2D eigenvalue weighted by atomic mass is 16.2. The molecule has 0 aliphatic carbocycles. The summed E-state index contributed by atoms with van der Waals surface area (Å²) >= 11 is 0. The fraction of sp³-hybridized carbons (Fsp3) is 0.500. The summed E-state index contributed by atoms with van der Waals surface area (Å²) in [7, 11) is 0. The number of carbonyl (C=O) groups is 1. The van der Waals surface area contributed by atoms with E-state index in [1.165, 1.54) is 5.56 Å². The molecule has 1 fully saturated rings. The Morgan fingerprint density at radius 2 is 2.11 bits per heavy atom. The Balaban J connectivity index is 1.93. The minimum Gasteiger partial charge on any atom is -0.325 e. The number of amides is 2. The molecule has 0 atom stereocenters. The van der Waals surface area contributed by atoms with Crippen LogP contribution in [0.3, 0.4) is 0 Å². The van der Waals surface area contributed by atoms with Crippen LogP contribution in [-0.2, 0) is 6.54 Å². The van der Waals surface area contributed by atoms with Gasteiger partial charge in [0.15, 0.2) is 0 Å². The molecule has 0 bridgehead atoms. The van der Waals surface area contributed by atoms with E-state index in [-0.39, 0.29) is 6.03 Å². The predicted octanol–water partition coefficient (Wildman–Crippen LogP) is 2.42. The third kappa shape index (κ3) is 3.47. The van der Waals surface area contributed by atoms with Gasteiger partial charge < -0.3 is 15.5 Å². The molecule has 2 N–H and O–H groups in total. The van der Waals surface area contributed by atoms with Crippen LogP contribution in [0.2, 0.25) is 0 Å². The van der Waals surface area contributed by atoms with Gasteiger partial charge >= 0.3 is 6.03 Å². The standard InChI is InChI=1S/C14H21N3O/c1-2-15-11-12-6-5-7-13(10-12)16-14(18)17-8-3-4-9-17/h5-7,10,15H,2-4,8-9,11H2,1H3,(H,16,18). The Morgan fingerprint density at radius 3 is 2.83 bits per heavy atom. The van der Waals surface area contributed by atoms with E-state index in [4.69, 9.17) is 0 Å². The van der Waals surface area contributed by atoms with Crippen molar-refractivity contribution in [2.75, 3.05) is 25.0 Å². The maximum Gasteiger partial charge on any atom is 0.321 e. The highest BCUT2D eigenvalue weighted by molar-refractivity contribution is 5.89. The van der Waals surface area contributed by atoms with Crippen LogP contribution in [0.25, 0.3) is 0 Å². The Bertz CT molecular complexity index is 400. The number of benzene rings is 1. The lowest BCUT2D eigenvalue weighted by Crippen LogP contribution is -2.32. The van der Waals surface area contributed by atoms with Gasteiger partial charge in [0.25, 0.3) is 0 Å². The SMILES string of the molecule is CCNCc1cccc(NC(=O)N2CCCC2)c1. The first-order valence-corrected chi connectivity index (χ1v) is 6.65. The fourth-order valence-corrected chi connectivity index (χ4v) is 2.15. The minimum atomic E-state index is 0.0214. The second kappa shape index (κ2) is 6.40. The van der Waals surface area contributed by atoms with E-state index >= 15 is 0 Å². The number of carbonyl (C=O) groups excluding carboxylic acids is 1. The predicted molar refractivity (Wildman–Crippen MR) is 73.6 cm³/mol. The molecule has 0 radical (unpaired) electrons. The van der Waals surface area contributed by atoms with Gasteiger partial charge in [-0.15, -0.1) is 0 Å². The summed E-state index contributed by atoms with van der Waals surface area (Å²) in [5.41, 5.74) is 2.07. The highest BCUT2D eigenvalue weighted by Crippen LogP contribution is 2.14. The van der Waals surface area contributed by atoms with Gasteiger partial charge in [-0.1, -0.05) is 19.1 Å². The molecule has 1 aromatic carbocycles. The molecule has 4 heteroatoms. The van der Waals surface area contributed by atoms with Crippen LogP contribution in [0, 0.1) is 0 Å². The van der Waals surface area contributed by atoms with Crippen molar-refractivity contribution >= 4 is 11.7 Å². The molecule has 1 aromatic rings. The smallest absolute Gasteiger partial charge is 0.321 e. The first-order chi connectivity index (χ1) is 8.79. The van der Waals surface area contributed by atoms with Crippen LogP contribution in [0.15, 0.2) is 24.3 Å². The Morgan fingerprint density at radius 1 is 1.33 bits per heavy atom. The average Bonchev–Trinajstić information content (AvgIpc) is 2.91. The fourth-order valence-electron chi connectivity index (χ4n) is 2.15. The number of rotatable bonds is 4. The molecule has 2 amide bonds. The van der Waals surface area contributed by atoms with E-state index in [0.29, 0.717) is 0 Å². The van der Waals surface area contributed by atoms with Crippen LogP contribution in [0.1, 0.15) is 25.3 Å².